The molecule has 1 aromatic carbocycles. The van der Waals surface area contributed by atoms with Crippen molar-refractivity contribution in [3.05, 3.63) is 29.8 Å². The average Bonchev–Trinajstić information content (AvgIpc) is 2.78. The molecule has 0 aromatic heterocycles. The first kappa shape index (κ1) is 12.1. The molecule has 2 atom stereocenters. The van der Waals surface area contributed by atoms with Gasteiger partial charge in [-0.25, -0.2) is 0 Å². The van der Waals surface area contributed by atoms with Gasteiger partial charge in [0.25, 0.3) is 0 Å². The summed E-state index contributed by atoms with van der Waals surface area (Å²) in [5.41, 5.74) is 1.03. The van der Waals surface area contributed by atoms with Gasteiger partial charge in [0, 0.05) is 25.2 Å². The highest BCUT2D eigenvalue weighted by Crippen LogP contribution is 2.35. The lowest BCUT2D eigenvalue weighted by Gasteiger charge is -2.14. The number of Topliss-reactive ketones (excluding diaryl/α,β-unsaturated/α-hetero) is 1. The highest BCUT2D eigenvalue weighted by Gasteiger charge is 2.32. The van der Waals surface area contributed by atoms with Gasteiger partial charge >= 0.3 is 0 Å². The predicted molar refractivity (Wildman–Crippen MR) is 65.3 cm³/mol. The Balaban J connectivity index is 2.07. The van der Waals surface area contributed by atoms with E-state index in [-0.39, 0.29) is 17.6 Å². The quantitative estimate of drug-likeness (QED) is 0.784. The van der Waals surface area contributed by atoms with E-state index in [9.17, 15) is 4.79 Å². The van der Waals surface area contributed by atoms with Gasteiger partial charge in [0.05, 0.1) is 5.92 Å². The maximum absolute atomic E-state index is 12.3. The summed E-state index contributed by atoms with van der Waals surface area (Å²) < 4.78 is 10.5. The van der Waals surface area contributed by atoms with Crippen LogP contribution in [0.1, 0.15) is 24.8 Å². The minimum atomic E-state index is -0.0990. The molecule has 1 aliphatic heterocycles. The summed E-state index contributed by atoms with van der Waals surface area (Å²) in [4.78, 5) is 12.3. The standard InChI is InChI=1S/C14H18O3/c1-10(7-8-16-2)14(15)12-9-17-13-6-4-3-5-11(12)13/h3-6,10,12H,7-9H2,1-2H3. The van der Waals surface area contributed by atoms with Crippen LogP contribution in [0.25, 0.3) is 0 Å². The first-order chi connectivity index (χ1) is 8.24. The van der Waals surface area contributed by atoms with Crippen LogP contribution in [0.2, 0.25) is 0 Å². The molecule has 2 unspecified atom stereocenters. The number of carbonyl (C=O) groups excluding carboxylic acids is 1. The average molecular weight is 234 g/mol. The molecule has 0 N–H and O–H groups in total. The Morgan fingerprint density at radius 1 is 1.53 bits per heavy atom. The Morgan fingerprint density at radius 3 is 3.06 bits per heavy atom. The van der Waals surface area contributed by atoms with E-state index in [1.54, 1.807) is 7.11 Å². The van der Waals surface area contributed by atoms with Crippen LogP contribution in [0.15, 0.2) is 24.3 Å². The van der Waals surface area contributed by atoms with Gasteiger partial charge in [-0.3, -0.25) is 4.79 Å². The fourth-order valence-electron chi connectivity index (χ4n) is 2.18. The Kier molecular flexibility index (Phi) is 3.79. The monoisotopic (exact) mass is 234 g/mol. The Hall–Kier alpha value is -1.35. The molecule has 0 saturated heterocycles. The predicted octanol–water partition coefficient (Wildman–Crippen LogP) is 2.40. The zero-order valence-electron chi connectivity index (χ0n) is 10.3. The first-order valence-electron chi connectivity index (χ1n) is 5.98. The molecule has 92 valence electrons. The van der Waals surface area contributed by atoms with E-state index in [4.69, 9.17) is 9.47 Å². The smallest absolute Gasteiger partial charge is 0.146 e. The first-order valence-corrected chi connectivity index (χ1v) is 5.98. The summed E-state index contributed by atoms with van der Waals surface area (Å²) in [5, 5.41) is 0. The Morgan fingerprint density at radius 2 is 2.29 bits per heavy atom. The molecule has 0 aliphatic carbocycles. The third kappa shape index (κ3) is 2.50. The maximum atomic E-state index is 12.3. The zero-order valence-corrected chi connectivity index (χ0v) is 10.3. The molecule has 0 fully saturated rings. The van der Waals surface area contributed by atoms with Gasteiger partial charge in [0.1, 0.15) is 18.1 Å². The van der Waals surface area contributed by atoms with Crippen molar-refractivity contribution < 1.29 is 14.3 Å². The fraction of sp³-hybridized carbons (Fsp3) is 0.500. The molecular weight excluding hydrogens is 216 g/mol. The minimum absolute atomic E-state index is 0.0229. The molecule has 1 aliphatic rings. The van der Waals surface area contributed by atoms with Gasteiger partial charge in [-0.2, -0.15) is 0 Å². The van der Waals surface area contributed by atoms with Crippen molar-refractivity contribution in [1.29, 1.82) is 0 Å². The van der Waals surface area contributed by atoms with Crippen molar-refractivity contribution in [2.45, 2.75) is 19.3 Å². The number of ether oxygens (including phenoxy) is 2. The fourth-order valence-corrected chi connectivity index (χ4v) is 2.18. The molecule has 1 heterocycles. The van der Waals surface area contributed by atoms with Gasteiger partial charge in [0.2, 0.25) is 0 Å². The van der Waals surface area contributed by atoms with Crippen molar-refractivity contribution in [3.8, 4) is 5.75 Å². The topological polar surface area (TPSA) is 35.5 Å². The third-order valence-electron chi connectivity index (χ3n) is 3.28. The van der Waals surface area contributed by atoms with Crippen LogP contribution in [-0.4, -0.2) is 26.1 Å². The van der Waals surface area contributed by atoms with Crippen molar-refractivity contribution in [2.24, 2.45) is 5.92 Å². The van der Waals surface area contributed by atoms with Gasteiger partial charge in [-0.15, -0.1) is 0 Å². The van der Waals surface area contributed by atoms with E-state index in [1.165, 1.54) is 0 Å². The number of benzene rings is 1. The van der Waals surface area contributed by atoms with Crippen LogP contribution in [0.3, 0.4) is 0 Å². The summed E-state index contributed by atoms with van der Waals surface area (Å²) in [6.07, 6.45) is 0.772. The summed E-state index contributed by atoms with van der Waals surface area (Å²) in [6, 6.07) is 7.78. The van der Waals surface area contributed by atoms with Crippen LogP contribution in [0.4, 0.5) is 0 Å². The lowest BCUT2D eigenvalue weighted by molar-refractivity contribution is -0.124. The Bertz CT molecular complexity index is 400. The molecule has 1 aromatic rings. The van der Waals surface area contributed by atoms with Crippen molar-refractivity contribution >= 4 is 5.78 Å². The third-order valence-corrected chi connectivity index (χ3v) is 3.28. The Labute approximate surface area is 102 Å². The van der Waals surface area contributed by atoms with Gasteiger partial charge in [-0.05, 0) is 12.5 Å². The van der Waals surface area contributed by atoms with E-state index < -0.39 is 0 Å². The van der Waals surface area contributed by atoms with Crippen LogP contribution in [-0.2, 0) is 9.53 Å². The van der Waals surface area contributed by atoms with Crippen LogP contribution in [0, 0.1) is 5.92 Å². The number of hydrogen-bond acceptors (Lipinski definition) is 3. The van der Waals surface area contributed by atoms with Gasteiger partial charge in [-0.1, -0.05) is 25.1 Å². The van der Waals surface area contributed by atoms with Crippen LogP contribution >= 0.6 is 0 Å². The molecule has 0 bridgehead atoms. The lowest BCUT2D eigenvalue weighted by atomic mass is 9.88. The molecule has 2 rings (SSSR count). The zero-order chi connectivity index (χ0) is 12.3. The summed E-state index contributed by atoms with van der Waals surface area (Å²) >= 11 is 0. The summed E-state index contributed by atoms with van der Waals surface area (Å²) in [6.45, 7) is 3.07. The van der Waals surface area contributed by atoms with E-state index in [1.807, 2.05) is 31.2 Å². The second-order valence-electron chi connectivity index (χ2n) is 4.49. The SMILES string of the molecule is COCCC(C)C(=O)C1COc2ccccc21. The van der Waals surface area contributed by atoms with Crippen LogP contribution in [0.5, 0.6) is 5.75 Å². The van der Waals surface area contributed by atoms with Crippen molar-refractivity contribution in [3.63, 3.8) is 0 Å². The molecule has 0 radical (unpaired) electrons. The maximum Gasteiger partial charge on any atom is 0.146 e. The normalized spacial score (nSPS) is 19.5. The van der Waals surface area contributed by atoms with E-state index >= 15 is 0 Å². The number of ketones is 1. The van der Waals surface area contributed by atoms with Gasteiger partial charge in [0.15, 0.2) is 0 Å². The molecular formula is C14H18O3. The molecule has 17 heavy (non-hydrogen) atoms. The minimum Gasteiger partial charge on any atom is -0.492 e. The second kappa shape index (κ2) is 5.32. The lowest BCUT2D eigenvalue weighted by Crippen LogP contribution is -2.22. The number of rotatable bonds is 5. The summed E-state index contributed by atoms with van der Waals surface area (Å²) in [5.74, 6) is 1.03. The summed E-state index contributed by atoms with van der Waals surface area (Å²) in [7, 11) is 1.66. The number of hydrogen-bond donors (Lipinski definition) is 0. The van der Waals surface area contributed by atoms with Crippen LogP contribution < -0.4 is 4.74 Å². The molecule has 0 saturated carbocycles. The molecule has 3 heteroatoms. The van der Waals surface area contributed by atoms with Crippen molar-refractivity contribution in [1.82, 2.24) is 0 Å². The number of para-hydroxylation sites is 1. The van der Waals surface area contributed by atoms with E-state index in [0.717, 1.165) is 17.7 Å². The molecule has 0 spiro atoms. The number of fused-ring (bicyclic) bond motifs is 1. The number of carbonyl (C=O) groups is 1. The molecule has 3 nitrogen and oxygen atoms in total. The van der Waals surface area contributed by atoms with Gasteiger partial charge < -0.3 is 9.47 Å². The highest BCUT2D eigenvalue weighted by atomic mass is 16.5. The second-order valence-corrected chi connectivity index (χ2v) is 4.49. The van der Waals surface area contributed by atoms with Crippen molar-refractivity contribution in [2.75, 3.05) is 20.3 Å². The largest absolute Gasteiger partial charge is 0.492 e. The van der Waals surface area contributed by atoms with E-state index in [2.05, 4.69) is 0 Å². The molecule has 0 amide bonds. The number of methoxy groups -OCH3 is 1. The highest BCUT2D eigenvalue weighted by molar-refractivity contribution is 5.89. The van der Waals surface area contributed by atoms with E-state index in [0.29, 0.717) is 13.2 Å².